The summed E-state index contributed by atoms with van der Waals surface area (Å²) >= 11 is 0. The maximum atomic E-state index is 12.5. The smallest absolute Gasteiger partial charge is 0.326 e. The van der Waals surface area contributed by atoms with Crippen molar-refractivity contribution in [3.63, 3.8) is 0 Å². The molecule has 0 unspecified atom stereocenters. The van der Waals surface area contributed by atoms with E-state index in [1.807, 2.05) is 0 Å². The molecule has 134 valence electrons. The van der Waals surface area contributed by atoms with Crippen molar-refractivity contribution >= 4 is 22.5 Å². The van der Waals surface area contributed by atoms with Gasteiger partial charge in [0.15, 0.2) is 0 Å². The lowest BCUT2D eigenvalue weighted by atomic mass is 10.1. The fourth-order valence-corrected chi connectivity index (χ4v) is 2.61. The average Bonchev–Trinajstić information content (AvgIpc) is 2.56. The molecule has 1 amide bonds. The van der Waals surface area contributed by atoms with Crippen LogP contribution in [-0.4, -0.2) is 10.9 Å². The number of halogens is 3. The number of hydrogen-bond acceptors (Lipinski definition) is 2. The van der Waals surface area contributed by atoms with Gasteiger partial charge in [0, 0.05) is 16.8 Å². The minimum atomic E-state index is -4.41. The zero-order chi connectivity index (χ0) is 18.9. The lowest BCUT2D eigenvalue weighted by Crippen LogP contribution is -2.15. The Morgan fingerprint density at radius 3 is 2.42 bits per heavy atom. The molecule has 2 N–H and O–H groups in total. The SMILES string of the molecule is Cc1cc2cc(CC(=O)Nc3ccc(C(F)(F)F)cc3)ccc2[nH]c1=O. The number of pyridine rings is 1. The van der Waals surface area contributed by atoms with E-state index >= 15 is 0 Å². The zero-order valence-electron chi connectivity index (χ0n) is 13.8. The van der Waals surface area contributed by atoms with Crippen LogP contribution in [-0.2, 0) is 17.4 Å². The van der Waals surface area contributed by atoms with Gasteiger partial charge in [0.2, 0.25) is 5.91 Å². The molecule has 0 aliphatic carbocycles. The molecular weight excluding hydrogens is 345 g/mol. The van der Waals surface area contributed by atoms with E-state index in [9.17, 15) is 22.8 Å². The van der Waals surface area contributed by atoms with Gasteiger partial charge in [-0.1, -0.05) is 6.07 Å². The predicted molar refractivity (Wildman–Crippen MR) is 93.1 cm³/mol. The number of hydrogen-bond donors (Lipinski definition) is 2. The number of H-pyrrole nitrogens is 1. The van der Waals surface area contributed by atoms with Gasteiger partial charge >= 0.3 is 6.18 Å². The van der Waals surface area contributed by atoms with Crippen molar-refractivity contribution in [2.24, 2.45) is 0 Å². The highest BCUT2D eigenvalue weighted by Crippen LogP contribution is 2.29. The number of nitrogens with one attached hydrogen (secondary N) is 2. The van der Waals surface area contributed by atoms with Gasteiger partial charge in [0.05, 0.1) is 12.0 Å². The van der Waals surface area contributed by atoms with Crippen molar-refractivity contribution in [2.45, 2.75) is 19.5 Å². The molecule has 26 heavy (non-hydrogen) atoms. The number of aryl methyl sites for hydroxylation is 1. The second-order valence-corrected chi connectivity index (χ2v) is 6.00. The van der Waals surface area contributed by atoms with Crippen LogP contribution in [0.1, 0.15) is 16.7 Å². The van der Waals surface area contributed by atoms with E-state index in [4.69, 9.17) is 0 Å². The lowest BCUT2D eigenvalue weighted by molar-refractivity contribution is -0.137. The van der Waals surface area contributed by atoms with Crippen LogP contribution in [0.15, 0.2) is 53.3 Å². The Kier molecular flexibility index (Phi) is 4.54. The summed E-state index contributed by atoms with van der Waals surface area (Å²) in [6.07, 6.45) is -4.35. The molecule has 3 rings (SSSR count). The van der Waals surface area contributed by atoms with Gasteiger partial charge in [0.1, 0.15) is 0 Å². The van der Waals surface area contributed by atoms with E-state index in [0.29, 0.717) is 16.8 Å². The number of alkyl halides is 3. The average molecular weight is 360 g/mol. The zero-order valence-corrected chi connectivity index (χ0v) is 13.8. The van der Waals surface area contributed by atoms with Crippen LogP contribution in [0.2, 0.25) is 0 Å². The third-order valence-corrected chi connectivity index (χ3v) is 3.96. The third kappa shape index (κ3) is 3.93. The maximum absolute atomic E-state index is 12.5. The summed E-state index contributed by atoms with van der Waals surface area (Å²) in [4.78, 5) is 26.5. The minimum absolute atomic E-state index is 0.0646. The van der Waals surface area contributed by atoms with Gasteiger partial charge in [-0.3, -0.25) is 9.59 Å². The Bertz CT molecular complexity index is 1020. The van der Waals surface area contributed by atoms with Crippen molar-refractivity contribution in [1.29, 1.82) is 0 Å². The Morgan fingerprint density at radius 1 is 1.08 bits per heavy atom. The highest BCUT2D eigenvalue weighted by atomic mass is 19.4. The van der Waals surface area contributed by atoms with Crippen LogP contribution in [0.25, 0.3) is 10.9 Å². The monoisotopic (exact) mass is 360 g/mol. The fourth-order valence-electron chi connectivity index (χ4n) is 2.61. The molecule has 0 aliphatic heterocycles. The van der Waals surface area contributed by atoms with Gasteiger partial charge in [0.25, 0.3) is 5.56 Å². The quantitative estimate of drug-likeness (QED) is 0.741. The van der Waals surface area contributed by atoms with Crippen molar-refractivity contribution in [1.82, 2.24) is 4.98 Å². The number of carbonyl (C=O) groups excluding carboxylic acids is 1. The van der Waals surface area contributed by atoms with Crippen molar-refractivity contribution < 1.29 is 18.0 Å². The number of fused-ring (bicyclic) bond motifs is 1. The maximum Gasteiger partial charge on any atom is 0.416 e. The normalized spacial score (nSPS) is 11.5. The van der Waals surface area contributed by atoms with Gasteiger partial charge in [-0.15, -0.1) is 0 Å². The minimum Gasteiger partial charge on any atom is -0.326 e. The van der Waals surface area contributed by atoms with Crippen LogP contribution in [0.5, 0.6) is 0 Å². The molecule has 4 nitrogen and oxygen atoms in total. The molecular formula is C19H15F3N2O2. The summed E-state index contributed by atoms with van der Waals surface area (Å²) in [6, 6.07) is 11.3. The molecule has 0 fully saturated rings. The number of carbonyl (C=O) groups is 1. The number of rotatable bonds is 3. The summed E-state index contributed by atoms with van der Waals surface area (Å²) in [7, 11) is 0. The van der Waals surface area contributed by atoms with Gasteiger partial charge < -0.3 is 10.3 Å². The molecule has 0 bridgehead atoms. The van der Waals surface area contributed by atoms with Crippen LogP contribution in [0, 0.1) is 6.92 Å². The third-order valence-electron chi connectivity index (χ3n) is 3.96. The molecule has 0 saturated carbocycles. The molecule has 0 aliphatic rings. The van der Waals surface area contributed by atoms with E-state index in [1.165, 1.54) is 12.1 Å². The first kappa shape index (κ1) is 17.7. The Hall–Kier alpha value is -3.09. The highest BCUT2D eigenvalue weighted by Gasteiger charge is 2.29. The number of aromatic nitrogens is 1. The number of aromatic amines is 1. The van der Waals surface area contributed by atoms with Gasteiger partial charge in [-0.25, -0.2) is 0 Å². The first-order valence-corrected chi connectivity index (χ1v) is 7.82. The summed E-state index contributed by atoms with van der Waals surface area (Å²) < 4.78 is 37.6. The number of amides is 1. The van der Waals surface area contributed by atoms with Gasteiger partial charge in [-0.2, -0.15) is 13.2 Å². The second-order valence-electron chi connectivity index (χ2n) is 6.00. The molecule has 1 heterocycles. The first-order valence-electron chi connectivity index (χ1n) is 7.82. The summed E-state index contributed by atoms with van der Waals surface area (Å²) in [5.74, 6) is -0.342. The summed E-state index contributed by atoms with van der Waals surface area (Å²) in [6.45, 7) is 1.70. The van der Waals surface area contributed by atoms with Crippen LogP contribution in [0.3, 0.4) is 0 Å². The number of benzene rings is 2. The fraction of sp³-hybridized carbons (Fsp3) is 0.158. The predicted octanol–water partition coefficient (Wildman–Crippen LogP) is 4.04. The second kappa shape index (κ2) is 6.67. The molecule has 0 saturated heterocycles. The summed E-state index contributed by atoms with van der Waals surface area (Å²) in [5, 5.41) is 3.38. The molecule has 0 atom stereocenters. The van der Waals surface area contributed by atoms with E-state index in [1.54, 1.807) is 31.2 Å². The van der Waals surface area contributed by atoms with Crippen molar-refractivity contribution in [2.75, 3.05) is 5.32 Å². The van der Waals surface area contributed by atoms with E-state index in [2.05, 4.69) is 10.3 Å². The van der Waals surface area contributed by atoms with Crippen LogP contribution >= 0.6 is 0 Å². The van der Waals surface area contributed by atoms with Crippen LogP contribution in [0.4, 0.5) is 18.9 Å². The van der Waals surface area contributed by atoms with E-state index in [-0.39, 0.29) is 17.9 Å². The van der Waals surface area contributed by atoms with Crippen molar-refractivity contribution in [3.8, 4) is 0 Å². The van der Waals surface area contributed by atoms with Crippen LogP contribution < -0.4 is 10.9 Å². The lowest BCUT2D eigenvalue weighted by Gasteiger charge is -2.09. The van der Waals surface area contributed by atoms with Crippen molar-refractivity contribution in [3.05, 3.63) is 75.6 Å². The topological polar surface area (TPSA) is 62.0 Å². The van der Waals surface area contributed by atoms with E-state index in [0.717, 1.165) is 23.1 Å². The van der Waals surface area contributed by atoms with E-state index < -0.39 is 11.7 Å². The molecule has 2 aromatic carbocycles. The molecule has 0 radical (unpaired) electrons. The summed E-state index contributed by atoms with van der Waals surface area (Å²) in [5.41, 5.74) is 1.34. The molecule has 0 spiro atoms. The molecule has 1 aromatic heterocycles. The van der Waals surface area contributed by atoms with Gasteiger partial charge in [-0.05, 0) is 60.3 Å². The Labute approximate surface area is 146 Å². The largest absolute Gasteiger partial charge is 0.416 e. The standard InChI is InChI=1S/C19H15F3N2O2/c1-11-8-13-9-12(2-7-16(13)24-18(11)26)10-17(25)23-15-5-3-14(4-6-15)19(20,21)22/h2-9H,10H2,1H3,(H,23,25)(H,24,26). The molecule has 3 aromatic rings. The molecule has 7 heteroatoms. The number of anilines is 1. The Morgan fingerprint density at radius 2 is 1.77 bits per heavy atom. The first-order chi connectivity index (χ1) is 12.2. The highest BCUT2D eigenvalue weighted by molar-refractivity contribution is 5.93. The Balaban J connectivity index is 1.72.